The first kappa shape index (κ1) is 18.1. The van der Waals surface area contributed by atoms with Crippen LogP contribution in [0.15, 0.2) is 30.3 Å². The second kappa shape index (κ2) is 8.17. The van der Waals surface area contributed by atoms with E-state index in [1.165, 1.54) is 17.8 Å². The number of carbonyl (C=O) groups excluding carboxylic acids is 2. The maximum Gasteiger partial charge on any atom is 0.249 e. The fraction of sp³-hybridized carbons (Fsp3) is 0.500. The number of carbonyl (C=O) groups is 2. The number of amides is 2. The molecule has 2 aromatic rings. The molecule has 2 fully saturated rings. The van der Waals surface area contributed by atoms with E-state index in [9.17, 15) is 9.59 Å². The molecule has 0 spiro atoms. The van der Waals surface area contributed by atoms with Crippen molar-refractivity contribution in [2.24, 2.45) is 5.92 Å². The van der Waals surface area contributed by atoms with Crippen LogP contribution in [0.4, 0.5) is 5.13 Å². The number of rotatable bonds is 4. The molecule has 1 aliphatic heterocycles. The minimum atomic E-state index is -0.386. The van der Waals surface area contributed by atoms with E-state index in [0.717, 1.165) is 42.7 Å². The molecule has 1 aromatic heterocycles. The summed E-state index contributed by atoms with van der Waals surface area (Å²) in [4.78, 5) is 27.5. The normalized spacial score (nSPS) is 20.6. The lowest BCUT2D eigenvalue weighted by Gasteiger charge is -2.29. The van der Waals surface area contributed by atoms with E-state index in [0.29, 0.717) is 18.1 Å². The Bertz CT molecular complexity index is 801. The number of likely N-dealkylation sites (tertiary alicyclic amines) is 1. The SMILES string of the molecule is O=C(Nc1nnc(-c2ccccc2)s1)C1CCCN1C(=O)C1CCCCC1. The average Bonchev–Trinajstić information content (AvgIpc) is 3.38. The predicted molar refractivity (Wildman–Crippen MR) is 105 cm³/mol. The van der Waals surface area contributed by atoms with Crippen molar-refractivity contribution in [3.05, 3.63) is 30.3 Å². The van der Waals surface area contributed by atoms with Gasteiger partial charge in [0.25, 0.3) is 0 Å². The van der Waals surface area contributed by atoms with E-state index in [-0.39, 0.29) is 23.8 Å². The Hall–Kier alpha value is -2.28. The summed E-state index contributed by atoms with van der Waals surface area (Å²) in [6.45, 7) is 0.679. The Morgan fingerprint density at radius 3 is 2.56 bits per heavy atom. The van der Waals surface area contributed by atoms with Crippen molar-refractivity contribution in [3.8, 4) is 10.6 Å². The van der Waals surface area contributed by atoms with Crippen LogP contribution in [-0.2, 0) is 9.59 Å². The van der Waals surface area contributed by atoms with Gasteiger partial charge in [0.1, 0.15) is 11.0 Å². The minimum absolute atomic E-state index is 0.0957. The van der Waals surface area contributed by atoms with Crippen molar-refractivity contribution in [1.29, 1.82) is 0 Å². The summed E-state index contributed by atoms with van der Waals surface area (Å²) in [6.07, 6.45) is 6.97. The molecule has 1 saturated carbocycles. The van der Waals surface area contributed by atoms with Gasteiger partial charge in [0.05, 0.1) is 0 Å². The molecule has 7 heteroatoms. The number of hydrogen-bond acceptors (Lipinski definition) is 5. The third kappa shape index (κ3) is 4.03. The topological polar surface area (TPSA) is 75.2 Å². The second-order valence-electron chi connectivity index (χ2n) is 7.29. The molecule has 0 bridgehead atoms. The molecule has 27 heavy (non-hydrogen) atoms. The van der Waals surface area contributed by atoms with Crippen LogP contribution in [0.1, 0.15) is 44.9 Å². The summed E-state index contributed by atoms with van der Waals surface area (Å²) in [5.74, 6) is 0.111. The molecule has 142 valence electrons. The van der Waals surface area contributed by atoms with Crippen LogP contribution in [0.25, 0.3) is 10.6 Å². The molecular weight excluding hydrogens is 360 g/mol. The molecule has 4 rings (SSSR count). The van der Waals surface area contributed by atoms with Gasteiger partial charge in [0.15, 0.2) is 0 Å². The standard InChI is InChI=1S/C20H24N4O2S/c25-17(21-20-23-22-18(27-20)14-8-3-1-4-9-14)16-12-7-13-24(16)19(26)15-10-5-2-6-11-15/h1,3-4,8-9,15-16H,2,5-7,10-13H2,(H,21,23,25). The molecule has 2 aliphatic rings. The third-order valence-corrected chi connectivity index (χ3v) is 6.36. The van der Waals surface area contributed by atoms with Gasteiger partial charge in [-0.05, 0) is 25.7 Å². The highest BCUT2D eigenvalue weighted by Crippen LogP contribution is 2.30. The van der Waals surface area contributed by atoms with E-state index in [1.807, 2.05) is 30.3 Å². The lowest BCUT2D eigenvalue weighted by molar-refractivity contribution is -0.141. The van der Waals surface area contributed by atoms with Crippen LogP contribution in [0.3, 0.4) is 0 Å². The molecule has 1 atom stereocenters. The van der Waals surface area contributed by atoms with Gasteiger partial charge in [0, 0.05) is 18.0 Å². The first-order valence-electron chi connectivity index (χ1n) is 9.72. The maximum atomic E-state index is 12.9. The highest BCUT2D eigenvalue weighted by atomic mass is 32.1. The van der Waals surface area contributed by atoms with Crippen LogP contribution in [-0.4, -0.2) is 39.5 Å². The van der Waals surface area contributed by atoms with Crippen LogP contribution in [0.5, 0.6) is 0 Å². The zero-order valence-corrected chi connectivity index (χ0v) is 16.1. The molecule has 1 unspecified atom stereocenters. The van der Waals surface area contributed by atoms with Gasteiger partial charge in [-0.3, -0.25) is 14.9 Å². The Balaban J connectivity index is 1.41. The Labute approximate surface area is 163 Å². The Morgan fingerprint density at radius 2 is 1.78 bits per heavy atom. The van der Waals surface area contributed by atoms with Gasteiger partial charge in [-0.15, -0.1) is 10.2 Å². The number of benzene rings is 1. The molecule has 1 N–H and O–H groups in total. The smallest absolute Gasteiger partial charge is 0.249 e. The molecule has 2 amide bonds. The largest absolute Gasteiger partial charge is 0.330 e. The minimum Gasteiger partial charge on any atom is -0.330 e. The van der Waals surface area contributed by atoms with Gasteiger partial charge in [0.2, 0.25) is 16.9 Å². The molecular formula is C20H24N4O2S. The van der Waals surface area contributed by atoms with Crippen LogP contribution in [0, 0.1) is 5.92 Å². The Morgan fingerprint density at radius 1 is 1.00 bits per heavy atom. The average molecular weight is 385 g/mol. The number of aromatic nitrogens is 2. The van der Waals surface area contributed by atoms with Crippen molar-refractivity contribution in [2.45, 2.75) is 51.0 Å². The lowest BCUT2D eigenvalue weighted by Crippen LogP contribution is -2.46. The van der Waals surface area contributed by atoms with Crippen LogP contribution >= 0.6 is 11.3 Å². The predicted octanol–water partition coefficient (Wildman–Crippen LogP) is 3.71. The fourth-order valence-electron chi connectivity index (χ4n) is 4.05. The zero-order chi connectivity index (χ0) is 18.6. The molecule has 1 aromatic carbocycles. The highest BCUT2D eigenvalue weighted by molar-refractivity contribution is 7.18. The number of anilines is 1. The van der Waals surface area contributed by atoms with Crippen LogP contribution < -0.4 is 5.32 Å². The molecule has 1 aliphatic carbocycles. The number of nitrogens with zero attached hydrogens (tertiary/aromatic N) is 3. The van der Waals surface area contributed by atoms with Crippen molar-refractivity contribution >= 4 is 28.3 Å². The Kier molecular flexibility index (Phi) is 5.48. The van der Waals surface area contributed by atoms with Crippen LogP contribution in [0.2, 0.25) is 0 Å². The van der Waals surface area contributed by atoms with Gasteiger partial charge >= 0.3 is 0 Å². The molecule has 1 saturated heterocycles. The van der Waals surface area contributed by atoms with Crippen molar-refractivity contribution in [1.82, 2.24) is 15.1 Å². The van der Waals surface area contributed by atoms with Crippen molar-refractivity contribution in [3.63, 3.8) is 0 Å². The lowest BCUT2D eigenvalue weighted by atomic mass is 9.88. The first-order chi connectivity index (χ1) is 13.2. The molecule has 2 heterocycles. The fourth-order valence-corrected chi connectivity index (χ4v) is 4.80. The quantitative estimate of drug-likeness (QED) is 0.872. The summed E-state index contributed by atoms with van der Waals surface area (Å²) < 4.78 is 0. The zero-order valence-electron chi connectivity index (χ0n) is 15.3. The van der Waals surface area contributed by atoms with E-state index >= 15 is 0 Å². The van der Waals surface area contributed by atoms with Gasteiger partial charge in [-0.2, -0.15) is 0 Å². The summed E-state index contributed by atoms with van der Waals surface area (Å²) in [5.41, 5.74) is 0.977. The first-order valence-corrected chi connectivity index (χ1v) is 10.5. The van der Waals surface area contributed by atoms with Gasteiger partial charge in [-0.25, -0.2) is 0 Å². The van der Waals surface area contributed by atoms with E-state index < -0.39 is 0 Å². The summed E-state index contributed by atoms with van der Waals surface area (Å²) in [6, 6.07) is 9.39. The monoisotopic (exact) mass is 384 g/mol. The summed E-state index contributed by atoms with van der Waals surface area (Å²) in [7, 11) is 0. The summed E-state index contributed by atoms with van der Waals surface area (Å²) in [5, 5.41) is 12.4. The third-order valence-electron chi connectivity index (χ3n) is 5.47. The van der Waals surface area contributed by atoms with E-state index in [4.69, 9.17) is 0 Å². The summed E-state index contributed by atoms with van der Waals surface area (Å²) >= 11 is 1.35. The number of nitrogens with one attached hydrogen (secondary N) is 1. The molecule has 0 radical (unpaired) electrons. The van der Waals surface area contributed by atoms with E-state index in [1.54, 1.807) is 4.90 Å². The molecule has 6 nitrogen and oxygen atoms in total. The second-order valence-corrected chi connectivity index (χ2v) is 8.27. The van der Waals surface area contributed by atoms with E-state index in [2.05, 4.69) is 15.5 Å². The number of hydrogen-bond donors (Lipinski definition) is 1. The van der Waals surface area contributed by atoms with Gasteiger partial charge in [-0.1, -0.05) is 60.9 Å². The van der Waals surface area contributed by atoms with Gasteiger partial charge < -0.3 is 4.90 Å². The highest BCUT2D eigenvalue weighted by Gasteiger charge is 2.37. The maximum absolute atomic E-state index is 12.9. The van der Waals surface area contributed by atoms with Crippen molar-refractivity contribution < 1.29 is 9.59 Å². The van der Waals surface area contributed by atoms with Crippen molar-refractivity contribution in [2.75, 3.05) is 11.9 Å².